The van der Waals surface area contributed by atoms with Crippen LogP contribution in [-0.4, -0.2) is 26.6 Å². The standard InChI is InChI=1S/C23H20FN5O2/c24-17-3-1-4-18(13-17)27-22-20-15-29(12-9-21(20)31-28-22)14-16-5-7-19(8-6-16)30-23-25-10-2-11-26-23/h1-8,10-11,13H,9,12,14-15H2,(H,27,28). The summed E-state index contributed by atoms with van der Waals surface area (Å²) >= 11 is 0. The highest BCUT2D eigenvalue weighted by atomic mass is 19.1. The Hall–Kier alpha value is -3.78. The Kier molecular flexibility index (Phi) is 5.28. The average Bonchev–Trinajstić information content (AvgIpc) is 3.18. The van der Waals surface area contributed by atoms with E-state index >= 15 is 0 Å². The van der Waals surface area contributed by atoms with E-state index in [1.807, 2.05) is 24.3 Å². The van der Waals surface area contributed by atoms with E-state index in [2.05, 4.69) is 25.3 Å². The van der Waals surface area contributed by atoms with Crippen molar-refractivity contribution in [3.8, 4) is 11.8 Å². The van der Waals surface area contributed by atoms with Crippen LogP contribution in [0.2, 0.25) is 0 Å². The van der Waals surface area contributed by atoms with Crippen LogP contribution in [0, 0.1) is 5.82 Å². The molecule has 0 bridgehead atoms. The van der Waals surface area contributed by atoms with E-state index < -0.39 is 0 Å². The molecule has 0 aliphatic carbocycles. The van der Waals surface area contributed by atoms with E-state index in [4.69, 9.17) is 9.26 Å². The number of anilines is 2. The molecular weight excluding hydrogens is 397 g/mol. The Bertz CT molecular complexity index is 1160. The lowest BCUT2D eigenvalue weighted by Gasteiger charge is -2.26. The maximum Gasteiger partial charge on any atom is 0.321 e. The molecule has 0 unspecified atom stereocenters. The molecule has 1 N–H and O–H groups in total. The van der Waals surface area contributed by atoms with Crippen LogP contribution in [-0.2, 0) is 19.5 Å². The Morgan fingerprint density at radius 2 is 1.90 bits per heavy atom. The number of ether oxygens (including phenoxy) is 1. The van der Waals surface area contributed by atoms with Crippen molar-refractivity contribution in [3.63, 3.8) is 0 Å². The maximum atomic E-state index is 13.5. The predicted molar refractivity (Wildman–Crippen MR) is 113 cm³/mol. The van der Waals surface area contributed by atoms with Crippen molar-refractivity contribution in [2.24, 2.45) is 0 Å². The summed E-state index contributed by atoms with van der Waals surface area (Å²) in [6.45, 7) is 2.36. The molecule has 0 saturated heterocycles. The molecule has 2 aromatic carbocycles. The molecule has 1 aliphatic heterocycles. The Balaban J connectivity index is 1.24. The molecule has 156 valence electrons. The second-order valence-corrected chi connectivity index (χ2v) is 7.31. The lowest BCUT2D eigenvalue weighted by atomic mass is 10.1. The molecule has 3 heterocycles. The number of rotatable bonds is 6. The number of halogens is 1. The van der Waals surface area contributed by atoms with Gasteiger partial charge in [-0.05, 0) is 42.0 Å². The normalized spacial score (nSPS) is 13.6. The smallest absolute Gasteiger partial charge is 0.321 e. The summed E-state index contributed by atoms with van der Waals surface area (Å²) < 4.78 is 24.6. The van der Waals surface area contributed by atoms with Crippen LogP contribution >= 0.6 is 0 Å². The average molecular weight is 417 g/mol. The summed E-state index contributed by atoms with van der Waals surface area (Å²) in [6, 6.07) is 16.3. The molecule has 0 amide bonds. The molecule has 2 aromatic heterocycles. The third-order valence-electron chi connectivity index (χ3n) is 5.07. The maximum absolute atomic E-state index is 13.5. The lowest BCUT2D eigenvalue weighted by Crippen LogP contribution is -2.29. The SMILES string of the molecule is Fc1cccc(Nc2noc3c2CN(Cc2ccc(Oc4ncccn4)cc2)CC3)c1. The molecule has 0 fully saturated rings. The van der Waals surface area contributed by atoms with Gasteiger partial charge in [-0.1, -0.05) is 23.4 Å². The number of nitrogens with zero attached hydrogens (tertiary/aromatic N) is 4. The minimum absolute atomic E-state index is 0.296. The summed E-state index contributed by atoms with van der Waals surface area (Å²) in [4.78, 5) is 10.5. The van der Waals surface area contributed by atoms with Crippen LogP contribution in [0.1, 0.15) is 16.9 Å². The van der Waals surface area contributed by atoms with Crippen LogP contribution in [0.15, 0.2) is 71.5 Å². The minimum Gasteiger partial charge on any atom is -0.424 e. The molecule has 7 nitrogen and oxygen atoms in total. The Labute approximate surface area is 178 Å². The quantitative estimate of drug-likeness (QED) is 0.487. The largest absolute Gasteiger partial charge is 0.424 e. The molecule has 1 aliphatic rings. The first-order chi connectivity index (χ1) is 15.2. The monoisotopic (exact) mass is 417 g/mol. The summed E-state index contributed by atoms with van der Waals surface area (Å²) in [7, 11) is 0. The fraction of sp³-hybridized carbons (Fsp3) is 0.174. The Morgan fingerprint density at radius 1 is 1.06 bits per heavy atom. The number of hydrogen-bond donors (Lipinski definition) is 1. The van der Waals surface area contributed by atoms with Crippen LogP contribution in [0.4, 0.5) is 15.9 Å². The zero-order chi connectivity index (χ0) is 21.0. The number of hydrogen-bond acceptors (Lipinski definition) is 7. The fourth-order valence-corrected chi connectivity index (χ4v) is 3.57. The summed E-state index contributed by atoms with van der Waals surface area (Å²) in [5, 5.41) is 7.32. The van der Waals surface area contributed by atoms with E-state index in [-0.39, 0.29) is 5.82 Å². The third kappa shape index (κ3) is 4.54. The van der Waals surface area contributed by atoms with Gasteiger partial charge in [-0.25, -0.2) is 14.4 Å². The first-order valence-electron chi connectivity index (χ1n) is 9.99. The van der Waals surface area contributed by atoms with Crippen molar-refractivity contribution in [2.45, 2.75) is 19.5 Å². The van der Waals surface area contributed by atoms with Gasteiger partial charge in [0.2, 0.25) is 0 Å². The number of fused-ring (bicyclic) bond motifs is 1. The van der Waals surface area contributed by atoms with Crippen LogP contribution in [0.3, 0.4) is 0 Å². The van der Waals surface area contributed by atoms with Crippen molar-refractivity contribution in [3.05, 3.63) is 89.7 Å². The number of nitrogens with one attached hydrogen (secondary N) is 1. The van der Waals surface area contributed by atoms with E-state index in [1.165, 1.54) is 17.7 Å². The van der Waals surface area contributed by atoms with Gasteiger partial charge in [0.1, 0.15) is 17.3 Å². The third-order valence-corrected chi connectivity index (χ3v) is 5.07. The van der Waals surface area contributed by atoms with Crippen LogP contribution < -0.4 is 10.1 Å². The zero-order valence-electron chi connectivity index (χ0n) is 16.7. The fourth-order valence-electron chi connectivity index (χ4n) is 3.57. The van der Waals surface area contributed by atoms with Gasteiger partial charge in [-0.3, -0.25) is 4.90 Å². The molecule has 31 heavy (non-hydrogen) atoms. The van der Waals surface area contributed by atoms with Crippen molar-refractivity contribution in [2.75, 3.05) is 11.9 Å². The lowest BCUT2D eigenvalue weighted by molar-refractivity contribution is 0.228. The highest BCUT2D eigenvalue weighted by molar-refractivity contribution is 5.60. The van der Waals surface area contributed by atoms with Crippen LogP contribution in [0.25, 0.3) is 0 Å². The van der Waals surface area contributed by atoms with Gasteiger partial charge in [0.05, 0.1) is 5.56 Å². The highest BCUT2D eigenvalue weighted by Crippen LogP contribution is 2.29. The van der Waals surface area contributed by atoms with Gasteiger partial charge >= 0.3 is 6.01 Å². The van der Waals surface area contributed by atoms with Crippen molar-refractivity contribution in [1.82, 2.24) is 20.0 Å². The van der Waals surface area contributed by atoms with E-state index in [1.54, 1.807) is 30.6 Å². The first kappa shape index (κ1) is 19.2. The second-order valence-electron chi connectivity index (χ2n) is 7.31. The molecule has 0 atom stereocenters. The Morgan fingerprint density at radius 3 is 2.71 bits per heavy atom. The van der Waals surface area contributed by atoms with Crippen molar-refractivity contribution in [1.29, 1.82) is 0 Å². The van der Waals surface area contributed by atoms with Gasteiger partial charge < -0.3 is 14.6 Å². The first-order valence-corrected chi connectivity index (χ1v) is 9.99. The van der Waals surface area contributed by atoms with Gasteiger partial charge in [-0.2, -0.15) is 0 Å². The molecule has 5 rings (SSSR count). The summed E-state index contributed by atoms with van der Waals surface area (Å²) in [5.41, 5.74) is 2.82. The van der Waals surface area contributed by atoms with Crippen molar-refractivity contribution < 1.29 is 13.7 Å². The summed E-state index contributed by atoms with van der Waals surface area (Å²) in [5.74, 6) is 1.91. The molecule has 0 radical (unpaired) electrons. The van der Waals surface area contributed by atoms with Crippen LogP contribution in [0.5, 0.6) is 11.8 Å². The molecule has 4 aromatic rings. The zero-order valence-corrected chi connectivity index (χ0v) is 16.7. The number of aromatic nitrogens is 3. The van der Waals surface area contributed by atoms with E-state index in [0.29, 0.717) is 29.8 Å². The summed E-state index contributed by atoms with van der Waals surface area (Å²) in [6.07, 6.45) is 4.06. The molecule has 0 saturated carbocycles. The topological polar surface area (TPSA) is 76.3 Å². The van der Waals surface area contributed by atoms with E-state index in [0.717, 1.165) is 30.8 Å². The van der Waals surface area contributed by atoms with E-state index in [9.17, 15) is 4.39 Å². The van der Waals surface area contributed by atoms with Gasteiger partial charge in [-0.15, -0.1) is 0 Å². The highest BCUT2D eigenvalue weighted by Gasteiger charge is 2.24. The minimum atomic E-state index is -0.296. The van der Waals surface area contributed by atoms with Gasteiger partial charge in [0.25, 0.3) is 0 Å². The molecule has 0 spiro atoms. The predicted octanol–water partition coefficient (Wildman–Crippen LogP) is 4.70. The van der Waals surface area contributed by atoms with Gasteiger partial charge in [0, 0.05) is 44.1 Å². The second kappa shape index (κ2) is 8.53. The van der Waals surface area contributed by atoms with Crippen molar-refractivity contribution >= 4 is 11.5 Å². The number of benzene rings is 2. The van der Waals surface area contributed by atoms with Gasteiger partial charge in [0.15, 0.2) is 5.82 Å². The molecular formula is C23H20FN5O2. The molecule has 8 heteroatoms.